The second-order valence-corrected chi connectivity index (χ2v) is 6.82. The van der Waals surface area contributed by atoms with Crippen molar-refractivity contribution in [3.8, 4) is 11.4 Å². The Hall–Kier alpha value is -3.25. The van der Waals surface area contributed by atoms with Gasteiger partial charge in [-0.3, -0.25) is 4.79 Å². The van der Waals surface area contributed by atoms with Crippen molar-refractivity contribution >= 4 is 17.4 Å². The molecule has 0 bridgehead atoms. The number of amides is 1. The predicted octanol–water partition coefficient (Wildman–Crippen LogP) is 4.46. The Morgan fingerprint density at radius 1 is 1.00 bits per heavy atom. The van der Waals surface area contributed by atoms with Crippen molar-refractivity contribution in [2.45, 2.75) is 20.3 Å². The van der Waals surface area contributed by atoms with Crippen molar-refractivity contribution in [1.82, 2.24) is 9.97 Å². The molecule has 0 saturated carbocycles. The van der Waals surface area contributed by atoms with Crippen molar-refractivity contribution in [3.63, 3.8) is 0 Å². The van der Waals surface area contributed by atoms with Crippen LogP contribution in [-0.2, 0) is 4.74 Å². The van der Waals surface area contributed by atoms with E-state index in [-0.39, 0.29) is 5.91 Å². The Morgan fingerprint density at radius 3 is 2.41 bits per heavy atom. The summed E-state index contributed by atoms with van der Waals surface area (Å²) in [4.78, 5) is 22.1. The number of benzene rings is 2. The van der Waals surface area contributed by atoms with E-state index in [2.05, 4.69) is 20.6 Å². The first-order valence-corrected chi connectivity index (χ1v) is 9.63. The number of anilines is 2. The lowest BCUT2D eigenvalue weighted by Crippen LogP contribution is -2.17. The molecule has 0 spiro atoms. The van der Waals surface area contributed by atoms with Gasteiger partial charge >= 0.3 is 0 Å². The van der Waals surface area contributed by atoms with Crippen LogP contribution in [0.2, 0.25) is 0 Å². The molecule has 3 rings (SSSR count). The molecule has 0 saturated heterocycles. The number of hydrogen-bond donors (Lipinski definition) is 2. The number of nitrogens with one attached hydrogen (secondary N) is 2. The molecule has 2 N–H and O–H groups in total. The van der Waals surface area contributed by atoms with Gasteiger partial charge in [-0.1, -0.05) is 48.5 Å². The third-order valence-electron chi connectivity index (χ3n) is 4.54. The number of para-hydroxylation sites is 1. The maximum absolute atomic E-state index is 13.0. The Morgan fingerprint density at radius 2 is 1.72 bits per heavy atom. The predicted molar refractivity (Wildman–Crippen MR) is 116 cm³/mol. The van der Waals surface area contributed by atoms with Crippen LogP contribution in [0.1, 0.15) is 28.0 Å². The minimum Gasteiger partial charge on any atom is -0.385 e. The number of aryl methyl sites for hydroxylation is 2. The molecule has 0 aliphatic heterocycles. The average molecular weight is 390 g/mol. The number of hydrogen-bond acceptors (Lipinski definition) is 5. The lowest BCUT2D eigenvalue weighted by Gasteiger charge is -2.13. The summed E-state index contributed by atoms with van der Waals surface area (Å²) in [6.45, 7) is 5.29. The third kappa shape index (κ3) is 5.39. The number of nitrogens with zero attached hydrogens (tertiary/aromatic N) is 2. The highest BCUT2D eigenvalue weighted by Crippen LogP contribution is 2.22. The van der Waals surface area contributed by atoms with Crippen LogP contribution in [0.3, 0.4) is 0 Å². The molecule has 0 fully saturated rings. The standard InChI is InChI=1S/C23H26N4O2/c1-16-9-7-10-17(2)21(16)27-23(28)19-15-20(24-13-8-14-29-3)26-22(25-19)18-11-5-4-6-12-18/h4-7,9-12,15H,8,13-14H2,1-3H3,(H,27,28)(H,24,25,26). The zero-order chi connectivity index (χ0) is 20.6. The average Bonchev–Trinajstić information content (AvgIpc) is 2.74. The topological polar surface area (TPSA) is 76.1 Å². The SMILES string of the molecule is COCCCNc1cc(C(=O)Nc2c(C)cccc2C)nc(-c2ccccc2)n1. The van der Waals surface area contributed by atoms with Gasteiger partial charge in [-0.2, -0.15) is 0 Å². The van der Waals surface area contributed by atoms with E-state index in [0.29, 0.717) is 30.5 Å². The first kappa shape index (κ1) is 20.5. The highest BCUT2D eigenvalue weighted by Gasteiger charge is 2.15. The molecule has 0 atom stereocenters. The molecule has 0 aliphatic rings. The van der Waals surface area contributed by atoms with E-state index in [1.165, 1.54) is 0 Å². The minimum absolute atomic E-state index is 0.262. The normalized spacial score (nSPS) is 10.6. The van der Waals surface area contributed by atoms with Crippen molar-refractivity contribution in [1.29, 1.82) is 0 Å². The fraction of sp³-hybridized carbons (Fsp3) is 0.261. The number of carbonyl (C=O) groups excluding carboxylic acids is 1. The first-order chi connectivity index (χ1) is 14.1. The molecule has 2 aromatic carbocycles. The van der Waals surface area contributed by atoms with Crippen LogP contribution in [0.5, 0.6) is 0 Å². The van der Waals surface area contributed by atoms with E-state index in [0.717, 1.165) is 28.8 Å². The van der Waals surface area contributed by atoms with Gasteiger partial charge in [0.25, 0.3) is 5.91 Å². The van der Waals surface area contributed by atoms with Crippen LogP contribution in [-0.4, -0.2) is 36.1 Å². The highest BCUT2D eigenvalue weighted by atomic mass is 16.5. The Bertz CT molecular complexity index is 954. The molecule has 1 amide bonds. The van der Waals surface area contributed by atoms with Crippen LogP contribution in [0.25, 0.3) is 11.4 Å². The van der Waals surface area contributed by atoms with Crippen LogP contribution in [0.4, 0.5) is 11.5 Å². The van der Waals surface area contributed by atoms with Crippen molar-refractivity contribution in [2.75, 3.05) is 30.9 Å². The minimum atomic E-state index is -0.262. The second-order valence-electron chi connectivity index (χ2n) is 6.82. The zero-order valence-corrected chi connectivity index (χ0v) is 17.0. The smallest absolute Gasteiger partial charge is 0.274 e. The number of methoxy groups -OCH3 is 1. The molecule has 3 aromatic rings. The van der Waals surface area contributed by atoms with E-state index in [4.69, 9.17) is 4.74 Å². The van der Waals surface area contributed by atoms with E-state index >= 15 is 0 Å². The molecule has 6 nitrogen and oxygen atoms in total. The van der Waals surface area contributed by atoms with Crippen LogP contribution in [0, 0.1) is 13.8 Å². The van der Waals surface area contributed by atoms with Crippen molar-refractivity contribution in [3.05, 3.63) is 71.4 Å². The van der Waals surface area contributed by atoms with Gasteiger partial charge in [0.2, 0.25) is 0 Å². The van der Waals surface area contributed by atoms with Gasteiger partial charge < -0.3 is 15.4 Å². The summed E-state index contributed by atoms with van der Waals surface area (Å²) in [5.74, 6) is 0.859. The summed E-state index contributed by atoms with van der Waals surface area (Å²) in [6.07, 6.45) is 0.838. The van der Waals surface area contributed by atoms with Gasteiger partial charge in [0.15, 0.2) is 5.82 Å². The highest BCUT2D eigenvalue weighted by molar-refractivity contribution is 6.04. The molecule has 1 aromatic heterocycles. The van der Waals surface area contributed by atoms with E-state index in [9.17, 15) is 4.79 Å². The van der Waals surface area contributed by atoms with Crippen LogP contribution >= 0.6 is 0 Å². The molecule has 150 valence electrons. The molecule has 0 aliphatic carbocycles. The van der Waals surface area contributed by atoms with Gasteiger partial charge in [-0.15, -0.1) is 0 Å². The molecular weight excluding hydrogens is 364 g/mol. The van der Waals surface area contributed by atoms with Crippen molar-refractivity contribution in [2.24, 2.45) is 0 Å². The Kier molecular flexibility index (Phi) is 6.92. The van der Waals surface area contributed by atoms with Gasteiger partial charge in [0.1, 0.15) is 11.5 Å². The summed E-state index contributed by atoms with van der Waals surface area (Å²) in [5, 5.41) is 6.26. The van der Waals surface area contributed by atoms with E-state index in [1.807, 2.05) is 62.4 Å². The number of carbonyl (C=O) groups is 1. The number of ether oxygens (including phenoxy) is 1. The molecule has 6 heteroatoms. The van der Waals surface area contributed by atoms with Gasteiger partial charge in [0.05, 0.1) is 0 Å². The Balaban J connectivity index is 1.90. The summed E-state index contributed by atoms with van der Waals surface area (Å²) in [7, 11) is 1.67. The van der Waals surface area contributed by atoms with E-state index < -0.39 is 0 Å². The molecule has 0 unspecified atom stereocenters. The first-order valence-electron chi connectivity index (χ1n) is 9.63. The van der Waals surface area contributed by atoms with Gasteiger partial charge in [-0.05, 0) is 31.4 Å². The molecular formula is C23H26N4O2. The maximum atomic E-state index is 13.0. The lowest BCUT2D eigenvalue weighted by atomic mass is 10.1. The molecule has 0 radical (unpaired) electrons. The molecule has 29 heavy (non-hydrogen) atoms. The van der Waals surface area contributed by atoms with Crippen LogP contribution < -0.4 is 10.6 Å². The Labute approximate surface area is 171 Å². The lowest BCUT2D eigenvalue weighted by molar-refractivity contribution is 0.102. The summed E-state index contributed by atoms with van der Waals surface area (Å²) < 4.78 is 5.09. The van der Waals surface area contributed by atoms with Crippen LogP contribution in [0.15, 0.2) is 54.6 Å². The van der Waals surface area contributed by atoms with Gasteiger partial charge in [-0.25, -0.2) is 9.97 Å². The summed E-state index contributed by atoms with van der Waals surface area (Å²) in [6, 6.07) is 17.2. The molecule has 1 heterocycles. The third-order valence-corrected chi connectivity index (χ3v) is 4.54. The van der Waals surface area contributed by atoms with Gasteiger partial charge in [0, 0.05) is 37.6 Å². The second kappa shape index (κ2) is 9.80. The zero-order valence-electron chi connectivity index (χ0n) is 17.0. The number of aromatic nitrogens is 2. The maximum Gasteiger partial charge on any atom is 0.274 e. The monoisotopic (exact) mass is 390 g/mol. The fourth-order valence-corrected chi connectivity index (χ4v) is 2.99. The number of rotatable bonds is 8. The quantitative estimate of drug-likeness (QED) is 0.555. The fourth-order valence-electron chi connectivity index (χ4n) is 2.99. The summed E-state index contributed by atoms with van der Waals surface area (Å²) in [5.41, 5.74) is 4.00. The van der Waals surface area contributed by atoms with E-state index in [1.54, 1.807) is 13.2 Å². The van der Waals surface area contributed by atoms with Crippen molar-refractivity contribution < 1.29 is 9.53 Å². The summed E-state index contributed by atoms with van der Waals surface area (Å²) >= 11 is 0. The largest absolute Gasteiger partial charge is 0.385 e.